The Morgan fingerprint density at radius 3 is 2.97 bits per heavy atom. The van der Waals surface area contributed by atoms with Gasteiger partial charge in [0.25, 0.3) is 11.4 Å². The number of hydrogen-bond acceptors (Lipinski definition) is 9. The third kappa shape index (κ3) is 4.00. The number of hydrogen-bond donors (Lipinski definition) is 3. The number of para-hydroxylation sites is 1. The summed E-state index contributed by atoms with van der Waals surface area (Å²) in [5.41, 5.74) is 0.402. The van der Waals surface area contributed by atoms with Gasteiger partial charge in [0.05, 0.1) is 10.7 Å². The lowest BCUT2D eigenvalue weighted by molar-refractivity contribution is -0.205. The number of aliphatic hydroxyl groups is 2. The molecule has 31 heavy (non-hydrogen) atoms. The topological polar surface area (TPSA) is 132 Å². The van der Waals surface area contributed by atoms with Gasteiger partial charge in [-0.1, -0.05) is 18.2 Å². The first-order valence-corrected chi connectivity index (χ1v) is 10.8. The fraction of sp³-hybridized carbons (Fsp3) is 0.444. The molecule has 1 fully saturated rings. The maximum absolute atomic E-state index is 15.9. The van der Waals surface area contributed by atoms with E-state index in [0.29, 0.717) is 15.7 Å². The zero-order valence-corrected chi connectivity index (χ0v) is 17.9. The standard InChI is InChI=1S/C18H20FN2O8PS/c1-9-4-3-5-11-7-26-30(25,29-13(9)11)27-8-18(19)14(23)12(22)16(28-18)21-6-10(2)15(24)20-17(21)31/h3-6,12,14,16,22-23H,7-8H2,1-2H3,(H,20,24,31)/t12-,14+,16-,18-,30?/m1/s1/i8D2,16D. The Morgan fingerprint density at radius 2 is 2.23 bits per heavy atom. The number of benzene rings is 1. The van der Waals surface area contributed by atoms with E-state index in [9.17, 15) is 19.6 Å². The Bertz CT molecular complexity index is 1320. The third-order valence-electron chi connectivity index (χ3n) is 4.71. The maximum Gasteiger partial charge on any atom is 0.530 e. The molecular weight excluding hydrogens is 454 g/mol. The molecule has 2 aliphatic heterocycles. The summed E-state index contributed by atoms with van der Waals surface area (Å²) in [4.78, 5) is 13.9. The van der Waals surface area contributed by atoms with E-state index < -0.39 is 49.0 Å². The monoisotopic (exact) mass is 477 g/mol. The van der Waals surface area contributed by atoms with E-state index in [-0.39, 0.29) is 17.9 Å². The van der Waals surface area contributed by atoms with Crippen LogP contribution in [-0.2, 0) is 25.0 Å². The first-order valence-electron chi connectivity index (χ1n) is 10.5. The van der Waals surface area contributed by atoms with E-state index in [1.165, 1.54) is 6.92 Å². The molecule has 0 radical (unpaired) electrons. The number of aryl methyl sites for hydroxylation is 2. The lowest BCUT2D eigenvalue weighted by atomic mass is 10.1. The van der Waals surface area contributed by atoms with Crippen molar-refractivity contribution in [2.24, 2.45) is 0 Å². The van der Waals surface area contributed by atoms with E-state index in [4.69, 9.17) is 34.6 Å². The molecule has 13 heteroatoms. The van der Waals surface area contributed by atoms with Gasteiger partial charge in [-0.2, -0.15) is 0 Å². The van der Waals surface area contributed by atoms with Crippen LogP contribution in [-0.4, -0.2) is 44.4 Å². The number of fused-ring (bicyclic) bond motifs is 1. The highest BCUT2D eigenvalue weighted by Crippen LogP contribution is 2.56. The molecule has 1 aromatic heterocycles. The zero-order valence-electron chi connectivity index (χ0n) is 19.2. The highest BCUT2D eigenvalue weighted by Gasteiger charge is 2.57. The molecular formula is C18H20FN2O8PS. The van der Waals surface area contributed by atoms with Crippen molar-refractivity contribution >= 4 is 20.0 Å². The number of phosphoric ester groups is 1. The minimum Gasteiger partial charge on any atom is -0.403 e. The average Bonchev–Trinajstić information content (AvgIpc) is 2.93. The van der Waals surface area contributed by atoms with E-state index in [1.807, 2.05) is 0 Å². The second kappa shape index (κ2) is 7.89. The minimum absolute atomic E-state index is 0.00334. The molecule has 0 saturated carbocycles. The minimum atomic E-state index is -4.80. The second-order valence-electron chi connectivity index (χ2n) is 6.98. The van der Waals surface area contributed by atoms with Crippen LogP contribution < -0.4 is 10.1 Å². The van der Waals surface area contributed by atoms with Crippen LogP contribution in [0.3, 0.4) is 0 Å². The number of nitrogens with zero attached hydrogens (tertiary/aromatic N) is 1. The van der Waals surface area contributed by atoms with Crippen LogP contribution in [0.15, 0.2) is 29.2 Å². The lowest BCUT2D eigenvalue weighted by Crippen LogP contribution is -2.43. The molecule has 0 aliphatic carbocycles. The first-order chi connectivity index (χ1) is 15.6. The summed E-state index contributed by atoms with van der Waals surface area (Å²) in [6.07, 6.45) is -7.12. The summed E-state index contributed by atoms with van der Waals surface area (Å²) < 4.78 is 73.7. The van der Waals surface area contributed by atoms with E-state index in [1.54, 1.807) is 25.1 Å². The van der Waals surface area contributed by atoms with Gasteiger partial charge in [-0.15, -0.1) is 0 Å². The molecule has 168 valence electrons. The van der Waals surface area contributed by atoms with Gasteiger partial charge in [0.15, 0.2) is 11.0 Å². The maximum atomic E-state index is 15.9. The predicted octanol–water partition coefficient (Wildman–Crippen LogP) is 2.17. The SMILES string of the molecule is [2H]C([2H])(OP1(=O)OCc2cccc(C)c2O1)[C@@]1(F)O[C@@]([2H])(n2cc(C)c(=O)[nH]c2=S)[C@H](O)[C@@H]1O. The Hall–Kier alpha value is -1.92. The molecule has 3 N–H and O–H groups in total. The van der Waals surface area contributed by atoms with Gasteiger partial charge >= 0.3 is 7.82 Å². The van der Waals surface area contributed by atoms with Crippen LogP contribution in [0.2, 0.25) is 0 Å². The number of aromatic nitrogens is 2. The quantitative estimate of drug-likeness (QED) is 0.448. The van der Waals surface area contributed by atoms with E-state index in [2.05, 4.69) is 4.98 Å². The molecule has 1 unspecified atom stereocenters. The number of aliphatic hydroxyl groups excluding tert-OH is 2. The molecule has 10 nitrogen and oxygen atoms in total. The van der Waals surface area contributed by atoms with Crippen molar-refractivity contribution in [3.05, 3.63) is 56.2 Å². The molecule has 0 amide bonds. The number of ether oxygens (including phenoxy) is 1. The molecule has 3 heterocycles. The van der Waals surface area contributed by atoms with E-state index in [0.717, 1.165) is 6.20 Å². The van der Waals surface area contributed by atoms with Crippen LogP contribution in [0.5, 0.6) is 5.75 Å². The molecule has 5 atom stereocenters. The summed E-state index contributed by atoms with van der Waals surface area (Å²) >= 11 is 4.95. The molecule has 1 aromatic carbocycles. The van der Waals surface area contributed by atoms with Gasteiger partial charge in [-0.3, -0.25) is 23.4 Å². The largest absolute Gasteiger partial charge is 0.530 e. The van der Waals surface area contributed by atoms with Gasteiger partial charge in [-0.05, 0) is 31.6 Å². The summed E-state index contributed by atoms with van der Waals surface area (Å²) in [5, 5.41) is 20.9. The van der Waals surface area contributed by atoms with Crippen LogP contribution in [0, 0.1) is 18.6 Å². The van der Waals surface area contributed by atoms with Crippen LogP contribution in [0.25, 0.3) is 0 Å². The number of H-pyrrole nitrogens is 1. The van der Waals surface area contributed by atoms with Gasteiger partial charge in [0.1, 0.15) is 24.5 Å². The van der Waals surface area contributed by atoms with Gasteiger partial charge in [0.2, 0.25) is 0 Å². The number of nitrogens with one attached hydrogen (secondary N) is 1. The molecule has 4 rings (SSSR count). The second-order valence-corrected chi connectivity index (χ2v) is 8.89. The van der Waals surface area contributed by atoms with Gasteiger partial charge in [-0.25, -0.2) is 8.96 Å². The number of aromatic amines is 1. The van der Waals surface area contributed by atoms with Crippen molar-refractivity contribution in [3.8, 4) is 5.75 Å². The number of alkyl halides is 1. The normalized spacial score (nSPS) is 36.7. The predicted molar refractivity (Wildman–Crippen MR) is 107 cm³/mol. The molecule has 2 aliphatic rings. The molecule has 0 bridgehead atoms. The Labute approximate surface area is 185 Å². The van der Waals surface area contributed by atoms with Crippen molar-refractivity contribution in [1.29, 1.82) is 0 Å². The van der Waals surface area contributed by atoms with Crippen LogP contribution in [0.1, 0.15) is 27.0 Å². The van der Waals surface area contributed by atoms with Crippen molar-refractivity contribution in [3.63, 3.8) is 0 Å². The first kappa shape index (κ1) is 18.6. The smallest absolute Gasteiger partial charge is 0.403 e. The number of halogens is 1. The Kier molecular flexibility index (Phi) is 4.74. The summed E-state index contributed by atoms with van der Waals surface area (Å²) in [7, 11) is -4.80. The number of rotatable bonds is 4. The van der Waals surface area contributed by atoms with Gasteiger partial charge in [0, 0.05) is 17.3 Å². The van der Waals surface area contributed by atoms with Crippen molar-refractivity contribution < 1.29 is 41.6 Å². The zero-order chi connectivity index (χ0) is 25.3. The Balaban J connectivity index is 1.69. The summed E-state index contributed by atoms with van der Waals surface area (Å²) in [6, 6.07) is 4.93. The van der Waals surface area contributed by atoms with E-state index >= 15 is 4.39 Å². The molecule has 0 spiro atoms. The van der Waals surface area contributed by atoms with Crippen molar-refractivity contribution in [2.45, 2.75) is 44.7 Å². The third-order valence-corrected chi connectivity index (χ3v) is 6.18. The summed E-state index contributed by atoms with van der Waals surface area (Å²) in [6.45, 7) is -1.11. The summed E-state index contributed by atoms with van der Waals surface area (Å²) in [5.74, 6) is -3.86. The van der Waals surface area contributed by atoms with Crippen LogP contribution >= 0.6 is 20.0 Å². The number of phosphoric acid groups is 1. The lowest BCUT2D eigenvalue weighted by Gasteiger charge is -2.29. The van der Waals surface area contributed by atoms with Crippen molar-refractivity contribution in [2.75, 3.05) is 6.56 Å². The van der Waals surface area contributed by atoms with Crippen LogP contribution in [0.4, 0.5) is 4.39 Å². The molecule has 2 aromatic rings. The fourth-order valence-corrected chi connectivity index (χ4v) is 4.42. The average molecular weight is 477 g/mol. The fourth-order valence-electron chi connectivity index (χ4n) is 3.02. The Morgan fingerprint density at radius 1 is 1.48 bits per heavy atom. The highest BCUT2D eigenvalue weighted by atomic mass is 32.1. The van der Waals surface area contributed by atoms with Gasteiger partial charge < -0.3 is 19.5 Å². The van der Waals surface area contributed by atoms with Crippen molar-refractivity contribution in [1.82, 2.24) is 9.55 Å². The highest BCUT2D eigenvalue weighted by molar-refractivity contribution is 7.71. The molecule has 1 saturated heterocycles.